The van der Waals surface area contributed by atoms with Crippen LogP contribution in [0.25, 0.3) is 0 Å². The molecule has 1 atom stereocenters. The van der Waals surface area contributed by atoms with Crippen LogP contribution < -0.4 is 10.1 Å². The molecule has 2 N–H and O–H groups in total. The van der Waals surface area contributed by atoms with Gasteiger partial charge in [-0.3, -0.25) is 0 Å². The van der Waals surface area contributed by atoms with E-state index in [0.29, 0.717) is 6.04 Å². The van der Waals surface area contributed by atoms with Gasteiger partial charge in [0.1, 0.15) is 5.75 Å². The molecule has 1 saturated heterocycles. The molecule has 1 aliphatic rings. The molecule has 4 nitrogen and oxygen atoms in total. The van der Waals surface area contributed by atoms with Crippen molar-refractivity contribution in [2.75, 3.05) is 32.1 Å². The van der Waals surface area contributed by atoms with Crippen LogP contribution in [0.2, 0.25) is 0 Å². The van der Waals surface area contributed by atoms with Crippen LogP contribution in [0.1, 0.15) is 17.5 Å². The molecular weight excluding hydrogens is 300 g/mol. The van der Waals surface area contributed by atoms with Crippen LogP contribution in [0, 0.1) is 0 Å². The number of anilines is 1. The molecule has 128 valence electrons. The maximum Gasteiger partial charge on any atom is 0.124 e. The summed E-state index contributed by atoms with van der Waals surface area (Å²) in [7, 11) is 1.63. The van der Waals surface area contributed by atoms with Gasteiger partial charge < -0.3 is 20.1 Å². The Kier molecular flexibility index (Phi) is 5.72. The van der Waals surface area contributed by atoms with Gasteiger partial charge in [-0.15, -0.1) is 0 Å². The Morgan fingerprint density at radius 1 is 1.21 bits per heavy atom. The Morgan fingerprint density at radius 2 is 2.04 bits per heavy atom. The summed E-state index contributed by atoms with van der Waals surface area (Å²) >= 11 is 0. The van der Waals surface area contributed by atoms with Gasteiger partial charge in [0.15, 0.2) is 0 Å². The molecule has 1 fully saturated rings. The molecular formula is C20H26N2O2. The van der Waals surface area contributed by atoms with Crippen molar-refractivity contribution in [2.24, 2.45) is 0 Å². The van der Waals surface area contributed by atoms with E-state index in [1.165, 1.54) is 5.56 Å². The number of ether oxygens (including phenoxy) is 1. The van der Waals surface area contributed by atoms with Gasteiger partial charge in [-0.1, -0.05) is 30.3 Å². The summed E-state index contributed by atoms with van der Waals surface area (Å²) in [5, 5.41) is 13.0. The van der Waals surface area contributed by atoms with Crippen molar-refractivity contribution in [1.29, 1.82) is 0 Å². The zero-order chi connectivity index (χ0) is 16.8. The molecule has 2 aromatic rings. The number of hydrogen-bond donors (Lipinski definition) is 2. The molecule has 0 saturated carbocycles. The van der Waals surface area contributed by atoms with Gasteiger partial charge in [-0.05, 0) is 36.6 Å². The summed E-state index contributed by atoms with van der Waals surface area (Å²) in [4.78, 5) is 2.52. The summed E-state index contributed by atoms with van der Waals surface area (Å²) in [6, 6.07) is 17.0. The van der Waals surface area contributed by atoms with Crippen LogP contribution in [-0.4, -0.2) is 42.8 Å². The third kappa shape index (κ3) is 4.28. The van der Waals surface area contributed by atoms with Crippen LogP contribution in [-0.2, 0) is 13.0 Å². The fourth-order valence-corrected chi connectivity index (χ4v) is 3.31. The van der Waals surface area contributed by atoms with Gasteiger partial charge in [-0.2, -0.15) is 0 Å². The molecule has 0 radical (unpaired) electrons. The lowest BCUT2D eigenvalue weighted by atomic mass is 10.1. The Balaban J connectivity index is 1.51. The number of likely N-dealkylation sites (tertiary alicyclic amines) is 1. The van der Waals surface area contributed by atoms with Crippen molar-refractivity contribution < 1.29 is 9.84 Å². The fraction of sp³-hybridized carbons (Fsp3) is 0.400. The third-order valence-corrected chi connectivity index (χ3v) is 4.65. The van der Waals surface area contributed by atoms with Crippen molar-refractivity contribution in [2.45, 2.75) is 25.5 Å². The minimum Gasteiger partial charge on any atom is -0.496 e. The van der Waals surface area contributed by atoms with Gasteiger partial charge in [0.05, 0.1) is 13.7 Å². The molecule has 1 aliphatic heterocycles. The molecule has 1 heterocycles. The van der Waals surface area contributed by atoms with Gasteiger partial charge in [0, 0.05) is 36.9 Å². The van der Waals surface area contributed by atoms with Gasteiger partial charge >= 0.3 is 0 Å². The number of hydrogen-bond acceptors (Lipinski definition) is 4. The van der Waals surface area contributed by atoms with E-state index in [1.807, 2.05) is 18.2 Å². The first-order chi connectivity index (χ1) is 11.8. The van der Waals surface area contributed by atoms with Crippen LogP contribution in [0.4, 0.5) is 5.69 Å². The highest BCUT2D eigenvalue weighted by Crippen LogP contribution is 2.24. The molecule has 4 heteroatoms. The number of aliphatic hydroxyl groups excluding tert-OH is 1. The van der Waals surface area contributed by atoms with E-state index >= 15 is 0 Å². The molecule has 3 rings (SSSR count). The van der Waals surface area contributed by atoms with Crippen LogP contribution >= 0.6 is 0 Å². The molecule has 0 aromatic heterocycles. The zero-order valence-corrected chi connectivity index (χ0v) is 14.2. The molecule has 0 bridgehead atoms. The summed E-state index contributed by atoms with van der Waals surface area (Å²) in [6.45, 7) is 3.29. The maximum atomic E-state index is 9.44. The largest absolute Gasteiger partial charge is 0.496 e. The SMILES string of the molecule is COc1ccc(NC2CCN(CCc3ccccc3)C2)cc1CO. The average molecular weight is 326 g/mol. The number of benzene rings is 2. The first-order valence-corrected chi connectivity index (χ1v) is 8.59. The number of nitrogens with zero attached hydrogens (tertiary/aromatic N) is 1. The minimum absolute atomic E-state index is 0.00738. The van der Waals surface area contributed by atoms with Crippen LogP contribution in [0.5, 0.6) is 5.75 Å². The van der Waals surface area contributed by atoms with Crippen LogP contribution in [0.15, 0.2) is 48.5 Å². The van der Waals surface area contributed by atoms with E-state index < -0.39 is 0 Å². The molecule has 0 spiro atoms. The third-order valence-electron chi connectivity index (χ3n) is 4.65. The predicted molar refractivity (Wildman–Crippen MR) is 97.5 cm³/mol. The zero-order valence-electron chi connectivity index (χ0n) is 14.2. The Labute approximate surface area is 144 Å². The first kappa shape index (κ1) is 16.8. The van der Waals surface area contributed by atoms with Crippen molar-refractivity contribution in [1.82, 2.24) is 4.90 Å². The topological polar surface area (TPSA) is 44.7 Å². The monoisotopic (exact) mass is 326 g/mol. The highest BCUT2D eigenvalue weighted by atomic mass is 16.5. The molecule has 2 aromatic carbocycles. The van der Waals surface area contributed by atoms with Gasteiger partial charge in [0.25, 0.3) is 0 Å². The molecule has 24 heavy (non-hydrogen) atoms. The lowest BCUT2D eigenvalue weighted by Crippen LogP contribution is -2.27. The number of methoxy groups -OCH3 is 1. The number of rotatable bonds is 7. The van der Waals surface area contributed by atoms with E-state index in [1.54, 1.807) is 7.11 Å². The van der Waals surface area contributed by atoms with E-state index in [2.05, 4.69) is 40.5 Å². The summed E-state index contributed by atoms with van der Waals surface area (Å²) in [5.41, 5.74) is 3.27. The molecule has 0 aliphatic carbocycles. The molecule has 0 amide bonds. The highest BCUT2D eigenvalue weighted by Gasteiger charge is 2.22. The quantitative estimate of drug-likeness (QED) is 0.821. The van der Waals surface area contributed by atoms with Crippen molar-refractivity contribution in [3.8, 4) is 5.75 Å². The van der Waals surface area contributed by atoms with Gasteiger partial charge in [0.2, 0.25) is 0 Å². The van der Waals surface area contributed by atoms with E-state index in [0.717, 1.165) is 49.5 Å². The Hall–Kier alpha value is -2.04. The second kappa shape index (κ2) is 8.18. The standard InChI is InChI=1S/C20H26N2O2/c1-24-20-8-7-18(13-17(20)15-23)21-19-10-12-22(14-19)11-9-16-5-3-2-4-6-16/h2-8,13,19,21,23H,9-12,14-15H2,1H3. The van der Waals surface area contributed by atoms with Gasteiger partial charge in [-0.25, -0.2) is 0 Å². The van der Waals surface area contributed by atoms with Crippen molar-refractivity contribution in [3.05, 3.63) is 59.7 Å². The first-order valence-electron chi connectivity index (χ1n) is 8.59. The van der Waals surface area contributed by atoms with Crippen LogP contribution in [0.3, 0.4) is 0 Å². The van der Waals surface area contributed by atoms with E-state index in [4.69, 9.17) is 4.74 Å². The van der Waals surface area contributed by atoms with E-state index in [-0.39, 0.29) is 6.61 Å². The summed E-state index contributed by atoms with van der Waals surface area (Å²) in [5.74, 6) is 0.735. The maximum absolute atomic E-state index is 9.44. The highest BCUT2D eigenvalue weighted by molar-refractivity contribution is 5.51. The second-order valence-electron chi connectivity index (χ2n) is 6.35. The lowest BCUT2D eigenvalue weighted by molar-refractivity contribution is 0.274. The lowest BCUT2D eigenvalue weighted by Gasteiger charge is -2.18. The summed E-state index contributed by atoms with van der Waals surface area (Å²) in [6.07, 6.45) is 2.25. The van der Waals surface area contributed by atoms with E-state index in [9.17, 15) is 5.11 Å². The van der Waals surface area contributed by atoms with Crippen molar-refractivity contribution in [3.63, 3.8) is 0 Å². The summed E-state index contributed by atoms with van der Waals surface area (Å²) < 4.78 is 5.26. The number of nitrogens with one attached hydrogen (secondary N) is 1. The van der Waals surface area contributed by atoms with Crippen molar-refractivity contribution >= 4 is 5.69 Å². The predicted octanol–water partition coefficient (Wildman–Crippen LogP) is 2.92. The fourth-order valence-electron chi connectivity index (χ4n) is 3.31. The smallest absolute Gasteiger partial charge is 0.124 e. The normalized spacial score (nSPS) is 17.8. The Bertz CT molecular complexity index is 645. The number of aliphatic hydroxyl groups is 1. The second-order valence-corrected chi connectivity index (χ2v) is 6.35. The average Bonchev–Trinajstić information content (AvgIpc) is 3.08. The Morgan fingerprint density at radius 3 is 2.79 bits per heavy atom. The molecule has 1 unspecified atom stereocenters. The minimum atomic E-state index is -0.00738.